The minimum Gasteiger partial charge on any atom is -0.455 e. The molecule has 1 aromatic rings. The number of aliphatic hydroxyl groups is 1. The van der Waals surface area contributed by atoms with Gasteiger partial charge in [-0.2, -0.15) is 0 Å². The van der Waals surface area contributed by atoms with Crippen LogP contribution in [0.2, 0.25) is 0 Å². The Morgan fingerprint density at radius 1 is 1.20 bits per heavy atom. The Labute approximate surface area is 280 Å². The maximum Gasteiger partial charge on any atom is 0.313 e. The fourth-order valence-electron chi connectivity index (χ4n) is 7.13. The van der Waals surface area contributed by atoms with E-state index in [9.17, 15) is 24.3 Å². The average molecular weight is 703 g/mol. The van der Waals surface area contributed by atoms with Crippen molar-refractivity contribution < 1.29 is 33.8 Å². The Bertz CT molecular complexity index is 1250. The molecule has 11 heteroatoms. The van der Waals surface area contributed by atoms with Crippen LogP contribution in [0.4, 0.5) is 0 Å². The SMILES string of the molecule is C=CCCC(=O)NC[C@@H](OC(=O)[C@H]1[C@@H]2O[C@@]3(CC2Br)[C@@H]1C(=O)N(CCCCO)[C@@H]3C(=O)N(CC=C)CCCCC)c1ccccc1. The van der Waals surface area contributed by atoms with E-state index in [0.717, 1.165) is 19.3 Å². The normalized spacial score (nSPS) is 26.8. The lowest BCUT2D eigenvalue weighted by Gasteiger charge is -2.37. The Morgan fingerprint density at radius 2 is 1.96 bits per heavy atom. The molecule has 252 valence electrons. The largest absolute Gasteiger partial charge is 0.455 e. The van der Waals surface area contributed by atoms with Crippen molar-refractivity contribution >= 4 is 39.6 Å². The number of esters is 1. The van der Waals surface area contributed by atoms with E-state index in [1.807, 2.05) is 30.3 Å². The molecule has 3 aliphatic rings. The molecule has 7 atom stereocenters. The number of carbonyl (C=O) groups excluding carboxylic acids is 4. The molecule has 4 rings (SSSR count). The summed E-state index contributed by atoms with van der Waals surface area (Å²) in [5, 5.41) is 12.3. The highest BCUT2D eigenvalue weighted by Crippen LogP contribution is 2.60. The number of benzene rings is 1. The molecule has 2 bridgehead atoms. The van der Waals surface area contributed by atoms with Gasteiger partial charge in [0.05, 0.1) is 24.5 Å². The number of allylic oxidation sites excluding steroid dienone is 1. The van der Waals surface area contributed by atoms with Crippen LogP contribution < -0.4 is 5.32 Å². The van der Waals surface area contributed by atoms with Crippen LogP contribution in [0, 0.1) is 11.8 Å². The van der Waals surface area contributed by atoms with Gasteiger partial charge in [-0.15, -0.1) is 13.2 Å². The average Bonchev–Trinajstić information content (AvgIpc) is 3.65. The third-order valence-corrected chi connectivity index (χ3v) is 10.1. The maximum atomic E-state index is 14.4. The van der Waals surface area contributed by atoms with E-state index in [2.05, 4.69) is 41.3 Å². The maximum absolute atomic E-state index is 14.4. The molecule has 3 aliphatic heterocycles. The molecule has 3 heterocycles. The van der Waals surface area contributed by atoms with Crippen molar-refractivity contribution in [3.8, 4) is 0 Å². The molecule has 1 unspecified atom stereocenters. The van der Waals surface area contributed by atoms with Crippen molar-refractivity contribution in [3.63, 3.8) is 0 Å². The van der Waals surface area contributed by atoms with Crippen LogP contribution in [0.15, 0.2) is 55.6 Å². The van der Waals surface area contributed by atoms with Crippen LogP contribution in [0.1, 0.15) is 70.0 Å². The summed E-state index contributed by atoms with van der Waals surface area (Å²) in [5.41, 5.74) is -0.501. The predicted molar refractivity (Wildman–Crippen MR) is 178 cm³/mol. The summed E-state index contributed by atoms with van der Waals surface area (Å²) in [5.74, 6) is -3.15. The van der Waals surface area contributed by atoms with Gasteiger partial charge in [0.15, 0.2) is 0 Å². The third kappa shape index (κ3) is 7.58. The van der Waals surface area contributed by atoms with E-state index >= 15 is 0 Å². The Morgan fingerprint density at radius 3 is 2.63 bits per heavy atom. The highest BCUT2D eigenvalue weighted by atomic mass is 79.9. The Hall–Kier alpha value is -3.02. The van der Waals surface area contributed by atoms with E-state index in [-0.39, 0.29) is 48.7 Å². The number of amides is 3. The van der Waals surface area contributed by atoms with Gasteiger partial charge in [-0.05, 0) is 37.7 Å². The van der Waals surface area contributed by atoms with E-state index in [1.54, 1.807) is 22.0 Å². The summed E-state index contributed by atoms with van der Waals surface area (Å²) in [6.07, 6.45) is 6.85. The highest BCUT2D eigenvalue weighted by molar-refractivity contribution is 9.09. The summed E-state index contributed by atoms with van der Waals surface area (Å²) < 4.78 is 12.8. The molecule has 1 aromatic carbocycles. The van der Waals surface area contributed by atoms with E-state index in [0.29, 0.717) is 44.3 Å². The van der Waals surface area contributed by atoms with Crippen molar-refractivity contribution in [2.75, 3.05) is 32.8 Å². The fourth-order valence-corrected chi connectivity index (χ4v) is 8.07. The molecule has 2 N–H and O–H groups in total. The van der Waals surface area contributed by atoms with E-state index < -0.39 is 41.7 Å². The Balaban J connectivity index is 1.64. The van der Waals surface area contributed by atoms with Gasteiger partial charge in [0.25, 0.3) is 0 Å². The first-order valence-electron chi connectivity index (χ1n) is 16.5. The van der Waals surface area contributed by atoms with Gasteiger partial charge in [-0.3, -0.25) is 19.2 Å². The number of nitrogens with zero attached hydrogens (tertiary/aromatic N) is 2. The molecule has 0 saturated carbocycles. The number of likely N-dealkylation sites (tertiary alicyclic amines) is 1. The number of alkyl halides is 1. The standard InChI is InChI=1S/C35H48BrN3O7/c1-4-7-12-19-38(18-6-3)33(43)31-35-22-25(36)30(46-35)28(29(35)32(42)39(31)20-13-14-21-40)34(44)45-26(24-15-10-9-11-16-24)23-37-27(41)17-8-5-2/h5-6,9-11,15-16,25-26,28-31,40H,2-4,7-8,12-14,17-23H2,1H3,(H,37,41)/t25?,26-,28-,29+,30-,31-,35+/m1/s1. The molecule has 0 radical (unpaired) electrons. The molecule has 1 spiro atoms. The minimum atomic E-state index is -1.21. The molecule has 0 aromatic heterocycles. The van der Waals surface area contributed by atoms with Crippen molar-refractivity contribution in [1.82, 2.24) is 15.1 Å². The summed E-state index contributed by atoms with van der Waals surface area (Å²) in [6.45, 7) is 10.8. The zero-order valence-corrected chi connectivity index (χ0v) is 28.4. The molecule has 46 heavy (non-hydrogen) atoms. The number of hydrogen-bond donors (Lipinski definition) is 2. The lowest BCUT2D eigenvalue weighted by atomic mass is 9.70. The number of hydrogen-bond acceptors (Lipinski definition) is 7. The monoisotopic (exact) mass is 701 g/mol. The van der Waals surface area contributed by atoms with Gasteiger partial charge < -0.3 is 29.7 Å². The second-order valence-corrected chi connectivity index (χ2v) is 13.5. The summed E-state index contributed by atoms with van der Waals surface area (Å²) in [7, 11) is 0. The molecular formula is C35H48BrN3O7. The van der Waals surface area contributed by atoms with Crippen LogP contribution >= 0.6 is 15.9 Å². The van der Waals surface area contributed by atoms with Crippen LogP contribution in [0.3, 0.4) is 0 Å². The first-order chi connectivity index (χ1) is 22.2. The number of carbonyl (C=O) groups is 4. The van der Waals surface area contributed by atoms with Gasteiger partial charge in [0, 0.05) is 37.5 Å². The molecule has 3 saturated heterocycles. The quantitative estimate of drug-likeness (QED) is 0.0964. The van der Waals surface area contributed by atoms with Crippen LogP contribution in [0.5, 0.6) is 0 Å². The summed E-state index contributed by atoms with van der Waals surface area (Å²) in [6, 6.07) is 8.25. The zero-order valence-electron chi connectivity index (χ0n) is 26.8. The predicted octanol–water partition coefficient (Wildman–Crippen LogP) is 4.08. The zero-order chi connectivity index (χ0) is 33.3. The van der Waals surface area contributed by atoms with Gasteiger partial charge in [-0.25, -0.2) is 0 Å². The first-order valence-corrected chi connectivity index (χ1v) is 17.4. The number of unbranched alkanes of at least 4 members (excludes halogenated alkanes) is 3. The minimum absolute atomic E-state index is 0.0309. The fraction of sp³-hybridized carbons (Fsp3) is 0.600. The van der Waals surface area contributed by atoms with Gasteiger partial charge in [-0.1, -0.05) is 78.2 Å². The van der Waals surface area contributed by atoms with Crippen LogP contribution in [-0.2, 0) is 28.7 Å². The second kappa shape index (κ2) is 16.7. The van der Waals surface area contributed by atoms with Gasteiger partial charge in [0.1, 0.15) is 17.7 Å². The molecule has 10 nitrogen and oxygen atoms in total. The second-order valence-electron chi connectivity index (χ2n) is 12.4. The number of halogens is 1. The van der Waals surface area contributed by atoms with Crippen molar-refractivity contribution in [1.29, 1.82) is 0 Å². The summed E-state index contributed by atoms with van der Waals surface area (Å²) in [4.78, 5) is 58.3. The molecule has 0 aliphatic carbocycles. The first kappa shape index (κ1) is 35.8. The Kier molecular flexibility index (Phi) is 13.0. The smallest absolute Gasteiger partial charge is 0.313 e. The number of fused-ring (bicyclic) bond motifs is 1. The third-order valence-electron chi connectivity index (χ3n) is 9.29. The van der Waals surface area contributed by atoms with Crippen molar-refractivity contribution in [3.05, 3.63) is 61.2 Å². The number of rotatable bonds is 19. The lowest BCUT2D eigenvalue weighted by molar-refractivity contribution is -0.160. The topological polar surface area (TPSA) is 125 Å². The van der Waals surface area contributed by atoms with Crippen molar-refractivity contribution in [2.45, 2.75) is 87.0 Å². The molecular weight excluding hydrogens is 654 g/mol. The van der Waals surface area contributed by atoms with Gasteiger partial charge in [0.2, 0.25) is 17.7 Å². The number of ether oxygens (including phenoxy) is 2. The molecule has 3 fully saturated rings. The lowest BCUT2D eigenvalue weighted by Crippen LogP contribution is -2.57. The number of nitrogens with one attached hydrogen (secondary N) is 1. The van der Waals surface area contributed by atoms with Crippen LogP contribution in [0.25, 0.3) is 0 Å². The van der Waals surface area contributed by atoms with Crippen molar-refractivity contribution in [2.24, 2.45) is 11.8 Å². The highest BCUT2D eigenvalue weighted by Gasteiger charge is 2.77. The van der Waals surface area contributed by atoms with E-state index in [4.69, 9.17) is 9.47 Å². The van der Waals surface area contributed by atoms with Gasteiger partial charge >= 0.3 is 5.97 Å². The van der Waals surface area contributed by atoms with E-state index in [1.165, 1.54) is 0 Å². The molecule has 3 amide bonds. The number of aliphatic hydroxyl groups excluding tert-OH is 1. The van der Waals surface area contributed by atoms with Crippen LogP contribution in [-0.4, -0.2) is 94.0 Å². The summed E-state index contributed by atoms with van der Waals surface area (Å²) >= 11 is 3.72.